The van der Waals surface area contributed by atoms with Gasteiger partial charge < -0.3 is 10.1 Å². The number of hydrogen-bond acceptors (Lipinski definition) is 6. The Labute approximate surface area is 196 Å². The van der Waals surface area contributed by atoms with Crippen LogP contribution in [0.1, 0.15) is 10.4 Å². The van der Waals surface area contributed by atoms with Gasteiger partial charge in [-0.2, -0.15) is 5.10 Å². The molecular formula is C25H15F2N5O3. The molecule has 0 aliphatic heterocycles. The highest BCUT2D eigenvalue weighted by molar-refractivity contribution is 6.06. The van der Waals surface area contributed by atoms with Gasteiger partial charge in [0.1, 0.15) is 28.9 Å². The largest absolute Gasteiger partial charge is 0.428 e. The minimum atomic E-state index is -0.660. The van der Waals surface area contributed by atoms with Crippen molar-refractivity contribution in [2.45, 2.75) is 0 Å². The van der Waals surface area contributed by atoms with E-state index in [1.54, 1.807) is 47.1 Å². The maximum absolute atomic E-state index is 13.5. The van der Waals surface area contributed by atoms with E-state index in [9.17, 15) is 18.4 Å². The quantitative estimate of drug-likeness (QED) is 0.366. The van der Waals surface area contributed by atoms with Crippen molar-refractivity contribution in [2.75, 3.05) is 5.32 Å². The second-order valence-electron chi connectivity index (χ2n) is 7.35. The number of nitrogens with one attached hydrogen (secondary N) is 1. The molecule has 5 rings (SSSR count). The molecule has 172 valence electrons. The van der Waals surface area contributed by atoms with Gasteiger partial charge in [0.25, 0.3) is 12.4 Å². The Hall–Kier alpha value is -4.99. The third-order valence-corrected chi connectivity index (χ3v) is 5.15. The predicted octanol–water partition coefficient (Wildman–Crippen LogP) is 4.52. The molecule has 0 radical (unpaired) electrons. The second kappa shape index (κ2) is 9.10. The average Bonchev–Trinajstić information content (AvgIpc) is 3.24. The van der Waals surface area contributed by atoms with Crippen molar-refractivity contribution in [1.29, 1.82) is 0 Å². The zero-order chi connectivity index (χ0) is 24.4. The molecule has 3 heterocycles. The van der Waals surface area contributed by atoms with Gasteiger partial charge in [-0.3, -0.25) is 9.59 Å². The summed E-state index contributed by atoms with van der Waals surface area (Å²) in [6.45, 7) is 0.110. The van der Waals surface area contributed by atoms with Crippen LogP contribution < -0.4 is 10.1 Å². The number of aromatic nitrogens is 4. The van der Waals surface area contributed by atoms with Gasteiger partial charge in [-0.05, 0) is 60.7 Å². The zero-order valence-corrected chi connectivity index (χ0v) is 17.9. The summed E-state index contributed by atoms with van der Waals surface area (Å²) in [5.41, 5.74) is 3.00. The number of fused-ring (bicyclic) bond motifs is 1. The van der Waals surface area contributed by atoms with E-state index in [4.69, 9.17) is 4.74 Å². The number of carbonyl (C=O) groups excluding carboxylic acids is 2. The number of nitrogens with zero attached hydrogens (tertiary/aromatic N) is 4. The minimum Gasteiger partial charge on any atom is -0.428 e. The normalized spacial score (nSPS) is 10.8. The number of carbonyl (C=O) groups is 2. The van der Waals surface area contributed by atoms with Crippen molar-refractivity contribution in [2.24, 2.45) is 0 Å². The highest BCUT2D eigenvalue weighted by Crippen LogP contribution is 2.33. The number of rotatable bonds is 6. The summed E-state index contributed by atoms with van der Waals surface area (Å²) in [6.07, 6.45) is 3.11. The first-order valence-corrected chi connectivity index (χ1v) is 10.3. The number of hydrogen-bond donors (Lipinski definition) is 1. The Kier molecular flexibility index (Phi) is 5.68. The first-order chi connectivity index (χ1) is 17.0. The molecular weight excluding hydrogens is 456 g/mol. The molecule has 0 saturated carbocycles. The molecule has 2 aromatic carbocycles. The maximum Gasteiger partial charge on any atom is 0.298 e. The summed E-state index contributed by atoms with van der Waals surface area (Å²) < 4.78 is 33.4. The Balaban J connectivity index is 1.55. The number of imidazole rings is 1. The number of ether oxygens (including phenoxy) is 1. The van der Waals surface area contributed by atoms with Crippen LogP contribution in [0, 0.1) is 11.6 Å². The molecule has 8 nitrogen and oxygen atoms in total. The van der Waals surface area contributed by atoms with Crippen LogP contribution in [-0.2, 0) is 4.79 Å². The van der Waals surface area contributed by atoms with Crippen LogP contribution in [0.25, 0.3) is 28.2 Å². The van der Waals surface area contributed by atoms with Crippen molar-refractivity contribution in [3.63, 3.8) is 0 Å². The van der Waals surface area contributed by atoms with Crippen LogP contribution in [0.3, 0.4) is 0 Å². The lowest BCUT2D eigenvalue weighted by Gasteiger charge is -2.10. The molecule has 0 spiro atoms. The van der Waals surface area contributed by atoms with Crippen molar-refractivity contribution in [1.82, 2.24) is 19.6 Å². The van der Waals surface area contributed by atoms with Gasteiger partial charge in [-0.25, -0.2) is 23.3 Å². The highest BCUT2D eigenvalue weighted by atomic mass is 19.1. The van der Waals surface area contributed by atoms with E-state index in [2.05, 4.69) is 20.4 Å². The summed E-state index contributed by atoms with van der Waals surface area (Å²) in [5, 5.41) is 7.01. The third-order valence-electron chi connectivity index (χ3n) is 5.15. The number of anilines is 1. The van der Waals surface area contributed by atoms with Crippen LogP contribution in [0.5, 0.6) is 5.75 Å². The summed E-state index contributed by atoms with van der Waals surface area (Å²) >= 11 is 0. The molecule has 0 aliphatic carbocycles. The predicted molar refractivity (Wildman–Crippen MR) is 123 cm³/mol. The van der Waals surface area contributed by atoms with Crippen LogP contribution >= 0.6 is 0 Å². The molecule has 1 amide bonds. The van der Waals surface area contributed by atoms with Gasteiger partial charge in [0.05, 0.1) is 11.3 Å². The average molecular weight is 471 g/mol. The standard InChI is InChI=1S/C25H15F2N5O3/c26-17-5-3-15(4-6-17)23-24(32-22(31-23)2-1-10-29-32)16-9-11-28-21(12-16)30-25(34)19-8-7-18(27)13-20(19)35-14-33/h1-14H,(H,28,30,34). The number of amides is 1. The van der Waals surface area contributed by atoms with Crippen LogP contribution in [0.4, 0.5) is 14.6 Å². The molecule has 0 atom stereocenters. The van der Waals surface area contributed by atoms with E-state index in [0.717, 1.165) is 12.1 Å². The fourth-order valence-corrected chi connectivity index (χ4v) is 3.62. The summed E-state index contributed by atoms with van der Waals surface area (Å²) in [4.78, 5) is 32.4. The molecule has 10 heteroatoms. The molecule has 3 aromatic heterocycles. The van der Waals surface area contributed by atoms with E-state index >= 15 is 0 Å². The first-order valence-electron chi connectivity index (χ1n) is 10.3. The third kappa shape index (κ3) is 4.32. The summed E-state index contributed by atoms with van der Waals surface area (Å²) in [6, 6.07) is 16.0. The Bertz CT molecular complexity index is 1570. The topological polar surface area (TPSA) is 98.5 Å². The number of benzene rings is 2. The van der Waals surface area contributed by atoms with E-state index in [0.29, 0.717) is 28.2 Å². The fourth-order valence-electron chi connectivity index (χ4n) is 3.62. The fraction of sp³-hybridized carbons (Fsp3) is 0. The van der Waals surface area contributed by atoms with Gasteiger partial charge in [-0.15, -0.1) is 0 Å². The van der Waals surface area contributed by atoms with Gasteiger partial charge >= 0.3 is 0 Å². The Morgan fingerprint density at radius 2 is 1.74 bits per heavy atom. The maximum atomic E-state index is 13.5. The monoisotopic (exact) mass is 471 g/mol. The molecule has 0 saturated heterocycles. The van der Waals surface area contributed by atoms with Crippen LogP contribution in [0.2, 0.25) is 0 Å². The molecule has 0 bridgehead atoms. The minimum absolute atomic E-state index is 0.0471. The molecule has 0 aliphatic rings. The smallest absolute Gasteiger partial charge is 0.298 e. The van der Waals surface area contributed by atoms with E-state index in [1.807, 2.05) is 0 Å². The van der Waals surface area contributed by atoms with E-state index in [1.165, 1.54) is 24.4 Å². The van der Waals surface area contributed by atoms with Crippen molar-refractivity contribution >= 4 is 23.8 Å². The van der Waals surface area contributed by atoms with E-state index < -0.39 is 11.7 Å². The lowest BCUT2D eigenvalue weighted by atomic mass is 10.1. The highest BCUT2D eigenvalue weighted by Gasteiger charge is 2.19. The molecule has 0 fully saturated rings. The van der Waals surface area contributed by atoms with Gasteiger partial charge in [0, 0.05) is 29.6 Å². The van der Waals surface area contributed by atoms with E-state index in [-0.39, 0.29) is 29.4 Å². The van der Waals surface area contributed by atoms with Crippen LogP contribution in [0.15, 0.2) is 79.1 Å². The summed E-state index contributed by atoms with van der Waals surface area (Å²) in [5.74, 6) is -1.72. The van der Waals surface area contributed by atoms with Crippen LogP contribution in [-0.4, -0.2) is 32.0 Å². The molecule has 35 heavy (non-hydrogen) atoms. The van der Waals surface area contributed by atoms with Crippen molar-refractivity contribution in [3.8, 4) is 28.3 Å². The molecule has 5 aromatic rings. The number of halogens is 2. The Morgan fingerprint density at radius 3 is 2.54 bits per heavy atom. The van der Waals surface area contributed by atoms with Gasteiger partial charge in [0.15, 0.2) is 5.65 Å². The zero-order valence-electron chi connectivity index (χ0n) is 17.9. The van der Waals surface area contributed by atoms with Crippen molar-refractivity contribution in [3.05, 3.63) is 96.3 Å². The summed E-state index contributed by atoms with van der Waals surface area (Å²) in [7, 11) is 0. The molecule has 1 N–H and O–H groups in total. The lowest BCUT2D eigenvalue weighted by molar-refractivity contribution is -0.120. The van der Waals surface area contributed by atoms with Gasteiger partial charge in [-0.1, -0.05) is 0 Å². The van der Waals surface area contributed by atoms with Gasteiger partial charge in [0.2, 0.25) is 0 Å². The lowest BCUT2D eigenvalue weighted by Crippen LogP contribution is -2.14. The Morgan fingerprint density at radius 1 is 0.943 bits per heavy atom. The number of pyridine rings is 1. The van der Waals surface area contributed by atoms with Crippen molar-refractivity contribution < 1.29 is 23.1 Å². The first kappa shape index (κ1) is 21.8. The SMILES string of the molecule is O=COc1cc(F)ccc1C(=O)Nc1cc(-c2c(-c3ccc(F)cc3)nc3cccnn23)ccn1. The second-order valence-corrected chi connectivity index (χ2v) is 7.35. The molecule has 0 unspecified atom stereocenters.